The van der Waals surface area contributed by atoms with E-state index in [1.807, 2.05) is 6.92 Å². The fourth-order valence-electron chi connectivity index (χ4n) is 1.45. The van der Waals surface area contributed by atoms with E-state index >= 15 is 0 Å². The highest BCUT2D eigenvalue weighted by Gasteiger charge is 2.37. The van der Waals surface area contributed by atoms with Crippen LogP contribution in [0.2, 0.25) is 0 Å². The second-order valence-corrected chi connectivity index (χ2v) is 2.87. The lowest BCUT2D eigenvalue weighted by Gasteiger charge is -2.24. The van der Waals surface area contributed by atoms with Crippen LogP contribution in [0.3, 0.4) is 0 Å². The van der Waals surface area contributed by atoms with E-state index in [-0.39, 0.29) is 0 Å². The Bertz CT molecular complexity index is 103. The summed E-state index contributed by atoms with van der Waals surface area (Å²) in [5.74, 6) is 0. The molecule has 1 aliphatic rings. The summed E-state index contributed by atoms with van der Waals surface area (Å²) in [6.45, 7) is 1.91. The van der Waals surface area contributed by atoms with Gasteiger partial charge in [0.15, 0.2) is 0 Å². The van der Waals surface area contributed by atoms with Crippen molar-refractivity contribution in [1.29, 1.82) is 0 Å². The molecule has 0 bridgehead atoms. The van der Waals surface area contributed by atoms with E-state index in [4.69, 9.17) is 0 Å². The van der Waals surface area contributed by atoms with E-state index in [1.54, 1.807) is 0 Å². The summed E-state index contributed by atoms with van der Waals surface area (Å²) in [5, 5.41) is 18.7. The van der Waals surface area contributed by atoms with Crippen molar-refractivity contribution in [3.63, 3.8) is 0 Å². The van der Waals surface area contributed by atoms with Crippen molar-refractivity contribution in [1.82, 2.24) is 0 Å². The van der Waals surface area contributed by atoms with Crippen molar-refractivity contribution < 1.29 is 10.2 Å². The highest BCUT2D eigenvalue weighted by Crippen LogP contribution is 2.32. The van der Waals surface area contributed by atoms with E-state index in [9.17, 15) is 10.2 Å². The van der Waals surface area contributed by atoms with Crippen LogP contribution in [-0.2, 0) is 0 Å². The van der Waals surface area contributed by atoms with Crippen LogP contribution in [0.4, 0.5) is 0 Å². The van der Waals surface area contributed by atoms with Gasteiger partial charge in [0.1, 0.15) is 0 Å². The van der Waals surface area contributed by atoms with Crippen LogP contribution in [0.25, 0.3) is 0 Å². The molecule has 2 N–H and O–H groups in total. The summed E-state index contributed by atoms with van der Waals surface area (Å²) in [5.41, 5.74) is -0.750. The Morgan fingerprint density at radius 2 is 2.33 bits per heavy atom. The fourth-order valence-corrected chi connectivity index (χ4v) is 1.45. The molecule has 2 heteroatoms. The molecule has 2 atom stereocenters. The number of aliphatic hydroxyl groups is 2. The fraction of sp³-hybridized carbons (Fsp3) is 1.00. The molecule has 1 saturated carbocycles. The van der Waals surface area contributed by atoms with Crippen molar-refractivity contribution in [2.45, 2.75) is 44.3 Å². The number of hydrogen-bond acceptors (Lipinski definition) is 2. The SMILES string of the molecule is CCC1(O)CCCC1O. The molecule has 2 nitrogen and oxygen atoms in total. The van der Waals surface area contributed by atoms with E-state index < -0.39 is 11.7 Å². The largest absolute Gasteiger partial charge is 0.390 e. The summed E-state index contributed by atoms with van der Waals surface area (Å²) in [7, 11) is 0. The van der Waals surface area contributed by atoms with Crippen LogP contribution in [0.15, 0.2) is 0 Å². The second kappa shape index (κ2) is 2.27. The third-order valence-electron chi connectivity index (χ3n) is 2.32. The maximum absolute atomic E-state index is 9.52. The highest BCUT2D eigenvalue weighted by atomic mass is 16.3. The lowest BCUT2D eigenvalue weighted by Crippen LogP contribution is -2.36. The molecule has 0 amide bonds. The van der Waals surface area contributed by atoms with Crippen LogP contribution in [0, 0.1) is 0 Å². The Morgan fingerprint density at radius 1 is 1.67 bits per heavy atom. The zero-order valence-electron chi connectivity index (χ0n) is 5.80. The van der Waals surface area contributed by atoms with Crippen molar-refractivity contribution in [3.05, 3.63) is 0 Å². The third-order valence-corrected chi connectivity index (χ3v) is 2.32. The maximum Gasteiger partial charge on any atom is 0.0902 e. The lowest BCUT2D eigenvalue weighted by molar-refractivity contribution is -0.0550. The standard InChI is InChI=1S/C7H14O2/c1-2-7(9)5-3-4-6(7)8/h6,8-9H,2-5H2,1H3. The third kappa shape index (κ3) is 1.10. The maximum atomic E-state index is 9.52. The van der Waals surface area contributed by atoms with Crippen LogP contribution in [0.5, 0.6) is 0 Å². The summed E-state index contributed by atoms with van der Waals surface area (Å²) in [6, 6.07) is 0. The molecule has 0 aromatic heterocycles. The first kappa shape index (κ1) is 7.03. The Balaban J connectivity index is 2.56. The minimum absolute atomic E-state index is 0.470. The van der Waals surface area contributed by atoms with Gasteiger partial charge in [-0.3, -0.25) is 0 Å². The molecule has 0 saturated heterocycles. The highest BCUT2D eigenvalue weighted by molar-refractivity contribution is 4.90. The average Bonchev–Trinajstić information content (AvgIpc) is 2.15. The Morgan fingerprint density at radius 3 is 2.56 bits per heavy atom. The van der Waals surface area contributed by atoms with Gasteiger partial charge >= 0.3 is 0 Å². The van der Waals surface area contributed by atoms with Gasteiger partial charge in [0, 0.05) is 0 Å². The van der Waals surface area contributed by atoms with Gasteiger partial charge in [-0.15, -0.1) is 0 Å². The molecular weight excluding hydrogens is 116 g/mol. The molecule has 0 spiro atoms. The minimum atomic E-state index is -0.750. The number of aliphatic hydroxyl groups excluding tert-OH is 1. The van der Waals surface area contributed by atoms with Crippen molar-refractivity contribution in [3.8, 4) is 0 Å². The first-order valence-corrected chi connectivity index (χ1v) is 3.59. The summed E-state index contributed by atoms with van der Waals surface area (Å²) < 4.78 is 0. The van der Waals surface area contributed by atoms with E-state index in [0.29, 0.717) is 6.42 Å². The topological polar surface area (TPSA) is 40.5 Å². The molecule has 1 aliphatic carbocycles. The van der Waals surface area contributed by atoms with Gasteiger partial charge in [-0.1, -0.05) is 6.92 Å². The van der Waals surface area contributed by atoms with Crippen molar-refractivity contribution >= 4 is 0 Å². The van der Waals surface area contributed by atoms with Gasteiger partial charge in [0.2, 0.25) is 0 Å². The van der Waals surface area contributed by atoms with E-state index in [2.05, 4.69) is 0 Å². The molecule has 1 fully saturated rings. The number of rotatable bonds is 1. The molecule has 54 valence electrons. The van der Waals surface area contributed by atoms with Crippen LogP contribution >= 0.6 is 0 Å². The molecule has 9 heavy (non-hydrogen) atoms. The van der Waals surface area contributed by atoms with Gasteiger partial charge in [-0.25, -0.2) is 0 Å². The molecule has 1 rings (SSSR count). The Kier molecular flexibility index (Phi) is 1.78. The molecule has 0 radical (unpaired) electrons. The first-order valence-electron chi connectivity index (χ1n) is 3.59. The average molecular weight is 130 g/mol. The lowest BCUT2D eigenvalue weighted by atomic mass is 9.97. The first-order chi connectivity index (χ1) is 4.19. The second-order valence-electron chi connectivity index (χ2n) is 2.87. The Hall–Kier alpha value is -0.0800. The zero-order valence-corrected chi connectivity index (χ0v) is 5.80. The molecule has 0 aliphatic heterocycles. The van der Waals surface area contributed by atoms with Crippen molar-refractivity contribution in [2.24, 2.45) is 0 Å². The quantitative estimate of drug-likeness (QED) is 0.547. The van der Waals surface area contributed by atoms with Gasteiger partial charge in [-0.2, -0.15) is 0 Å². The summed E-state index contributed by atoms with van der Waals surface area (Å²) in [4.78, 5) is 0. The summed E-state index contributed by atoms with van der Waals surface area (Å²) >= 11 is 0. The van der Waals surface area contributed by atoms with Gasteiger partial charge < -0.3 is 10.2 Å². The van der Waals surface area contributed by atoms with Crippen LogP contribution in [-0.4, -0.2) is 21.9 Å². The van der Waals surface area contributed by atoms with E-state index in [0.717, 1.165) is 19.3 Å². The Labute approximate surface area is 55.5 Å². The van der Waals surface area contributed by atoms with Crippen LogP contribution in [0.1, 0.15) is 32.6 Å². The molecule has 0 heterocycles. The molecule has 2 unspecified atom stereocenters. The van der Waals surface area contributed by atoms with E-state index in [1.165, 1.54) is 0 Å². The normalized spacial score (nSPS) is 43.7. The number of hydrogen-bond donors (Lipinski definition) is 2. The molecule has 0 aromatic rings. The smallest absolute Gasteiger partial charge is 0.0902 e. The molecular formula is C7H14O2. The molecule has 0 aromatic carbocycles. The monoisotopic (exact) mass is 130 g/mol. The van der Waals surface area contributed by atoms with Gasteiger partial charge in [0.25, 0.3) is 0 Å². The minimum Gasteiger partial charge on any atom is -0.390 e. The van der Waals surface area contributed by atoms with Crippen LogP contribution < -0.4 is 0 Å². The van der Waals surface area contributed by atoms with Gasteiger partial charge in [0.05, 0.1) is 11.7 Å². The predicted octanol–water partition coefficient (Wildman–Crippen LogP) is 0.672. The van der Waals surface area contributed by atoms with Gasteiger partial charge in [-0.05, 0) is 25.7 Å². The zero-order chi connectivity index (χ0) is 6.91. The summed E-state index contributed by atoms with van der Waals surface area (Å²) in [6.07, 6.45) is 2.71. The predicted molar refractivity (Wildman–Crippen MR) is 35.1 cm³/mol. The van der Waals surface area contributed by atoms with Crippen molar-refractivity contribution in [2.75, 3.05) is 0 Å².